The van der Waals surface area contributed by atoms with E-state index in [9.17, 15) is 4.79 Å². The number of benzene rings is 2. The van der Waals surface area contributed by atoms with Crippen molar-refractivity contribution in [1.82, 2.24) is 9.88 Å². The first-order chi connectivity index (χ1) is 12.7. The molecule has 2 heterocycles. The molecule has 1 saturated heterocycles. The van der Waals surface area contributed by atoms with Crippen LogP contribution in [0, 0.1) is 0 Å². The average Bonchev–Trinajstić information content (AvgIpc) is 3.06. The number of rotatable bonds is 1. The largest absolute Gasteiger partial charge is 0.375 e. The molecule has 1 amide bonds. The highest BCUT2D eigenvalue weighted by molar-refractivity contribution is 7.22. The molecule has 1 aliphatic heterocycles. The molecule has 1 aliphatic carbocycles. The van der Waals surface area contributed by atoms with Gasteiger partial charge in [-0.05, 0) is 55.0 Å². The molecule has 1 fully saturated rings. The Morgan fingerprint density at radius 1 is 1.19 bits per heavy atom. The molecule has 2 aromatic carbocycles. The molecular weight excluding hydrogens is 342 g/mol. The maximum atomic E-state index is 13.3. The van der Waals surface area contributed by atoms with E-state index in [2.05, 4.69) is 34.1 Å². The van der Waals surface area contributed by atoms with Gasteiger partial charge >= 0.3 is 0 Å². The van der Waals surface area contributed by atoms with Crippen LogP contribution in [-0.2, 0) is 6.42 Å². The van der Waals surface area contributed by atoms with Crippen molar-refractivity contribution in [2.75, 3.05) is 12.3 Å². The van der Waals surface area contributed by atoms with Crippen LogP contribution in [0.2, 0.25) is 0 Å². The standard InChI is InChI=1S/C21H21N3OS/c22-21-23-17-9-7-14(12-19(17)26-21)20(25)24-11-3-6-16-15-5-2-1-4-13(15)8-10-18(16)24/h1-2,4-5,7,9,12,16,18H,3,6,8,10-11H2,(H2,22,23)/t16-,18+/m1/s1. The van der Waals surface area contributed by atoms with Crippen LogP contribution in [0.1, 0.15) is 46.7 Å². The van der Waals surface area contributed by atoms with Crippen LogP contribution in [0.3, 0.4) is 0 Å². The van der Waals surface area contributed by atoms with Crippen LogP contribution in [0.4, 0.5) is 5.13 Å². The zero-order chi connectivity index (χ0) is 17.7. The second-order valence-corrected chi connectivity index (χ2v) is 8.35. The Labute approximate surface area is 156 Å². The number of fused-ring (bicyclic) bond motifs is 4. The summed E-state index contributed by atoms with van der Waals surface area (Å²) in [5, 5.41) is 0.548. The van der Waals surface area contributed by atoms with Crippen molar-refractivity contribution in [3.05, 3.63) is 59.2 Å². The summed E-state index contributed by atoms with van der Waals surface area (Å²) in [6.07, 6.45) is 4.36. The third kappa shape index (κ3) is 2.50. The third-order valence-corrected chi connectivity index (χ3v) is 6.70. The first-order valence-corrected chi connectivity index (χ1v) is 10.1. The minimum atomic E-state index is 0.146. The van der Waals surface area contributed by atoms with Gasteiger partial charge in [0.15, 0.2) is 5.13 Å². The van der Waals surface area contributed by atoms with E-state index in [1.165, 1.54) is 28.9 Å². The van der Waals surface area contributed by atoms with Crippen molar-refractivity contribution in [1.29, 1.82) is 0 Å². The van der Waals surface area contributed by atoms with E-state index in [4.69, 9.17) is 5.73 Å². The molecule has 0 spiro atoms. The predicted molar refractivity (Wildman–Crippen MR) is 106 cm³/mol. The molecule has 5 heteroatoms. The number of thiazole rings is 1. The number of likely N-dealkylation sites (tertiary alicyclic amines) is 1. The minimum absolute atomic E-state index is 0.146. The van der Waals surface area contributed by atoms with Gasteiger partial charge in [-0.15, -0.1) is 0 Å². The lowest BCUT2D eigenvalue weighted by molar-refractivity contribution is 0.0547. The van der Waals surface area contributed by atoms with E-state index in [0.717, 1.165) is 41.6 Å². The number of amides is 1. The second-order valence-electron chi connectivity index (χ2n) is 7.29. The van der Waals surface area contributed by atoms with Crippen molar-refractivity contribution in [3.63, 3.8) is 0 Å². The number of hydrogen-bond donors (Lipinski definition) is 1. The van der Waals surface area contributed by atoms with E-state index < -0.39 is 0 Å². The minimum Gasteiger partial charge on any atom is -0.375 e. The number of carbonyl (C=O) groups is 1. The van der Waals surface area contributed by atoms with Crippen molar-refractivity contribution >= 4 is 32.6 Å². The number of piperidine rings is 1. The number of nitrogens with two attached hydrogens (primary N) is 1. The molecular formula is C21H21N3OS. The first-order valence-electron chi connectivity index (χ1n) is 9.25. The van der Waals surface area contributed by atoms with Crippen molar-refractivity contribution in [3.8, 4) is 0 Å². The Balaban J connectivity index is 1.48. The molecule has 132 valence electrons. The fourth-order valence-corrected chi connectivity index (χ4v) is 5.47. The number of anilines is 1. The van der Waals surface area contributed by atoms with Crippen molar-refractivity contribution in [2.24, 2.45) is 0 Å². The summed E-state index contributed by atoms with van der Waals surface area (Å²) >= 11 is 1.44. The molecule has 2 N–H and O–H groups in total. The second kappa shape index (κ2) is 6.09. The summed E-state index contributed by atoms with van der Waals surface area (Å²) in [4.78, 5) is 19.7. The normalized spacial score (nSPS) is 22.1. The fourth-order valence-electron chi connectivity index (χ4n) is 4.70. The van der Waals surface area contributed by atoms with Gasteiger partial charge in [-0.3, -0.25) is 4.79 Å². The predicted octanol–water partition coefficient (Wildman–Crippen LogP) is 4.21. The molecule has 5 rings (SSSR count). The molecule has 0 radical (unpaired) electrons. The highest BCUT2D eigenvalue weighted by Crippen LogP contribution is 2.41. The van der Waals surface area contributed by atoms with E-state index in [-0.39, 0.29) is 5.91 Å². The van der Waals surface area contributed by atoms with E-state index >= 15 is 0 Å². The van der Waals surface area contributed by atoms with Gasteiger partial charge in [-0.1, -0.05) is 35.6 Å². The Morgan fingerprint density at radius 2 is 2.08 bits per heavy atom. The molecule has 0 unspecified atom stereocenters. The number of nitrogens with zero attached hydrogens (tertiary/aromatic N) is 2. The third-order valence-electron chi connectivity index (χ3n) is 5.86. The van der Waals surface area contributed by atoms with Gasteiger partial charge < -0.3 is 10.6 Å². The van der Waals surface area contributed by atoms with Crippen LogP contribution >= 0.6 is 11.3 Å². The summed E-state index contributed by atoms with van der Waals surface area (Å²) in [5.41, 5.74) is 10.3. The topological polar surface area (TPSA) is 59.2 Å². The fraction of sp³-hybridized carbons (Fsp3) is 0.333. The highest BCUT2D eigenvalue weighted by Gasteiger charge is 2.38. The number of aromatic nitrogens is 1. The summed E-state index contributed by atoms with van der Waals surface area (Å²) in [7, 11) is 0. The smallest absolute Gasteiger partial charge is 0.254 e. The lowest BCUT2D eigenvalue weighted by Gasteiger charge is -2.45. The zero-order valence-corrected chi connectivity index (χ0v) is 15.3. The van der Waals surface area contributed by atoms with Gasteiger partial charge in [0.25, 0.3) is 5.91 Å². The lowest BCUT2D eigenvalue weighted by Crippen LogP contribution is -2.49. The molecule has 26 heavy (non-hydrogen) atoms. The van der Waals surface area contributed by atoms with Crippen LogP contribution in [-0.4, -0.2) is 28.4 Å². The Morgan fingerprint density at radius 3 is 3.00 bits per heavy atom. The maximum Gasteiger partial charge on any atom is 0.254 e. The van der Waals surface area contributed by atoms with Crippen LogP contribution < -0.4 is 5.73 Å². The van der Waals surface area contributed by atoms with Crippen molar-refractivity contribution in [2.45, 2.75) is 37.6 Å². The number of nitrogen functional groups attached to an aromatic ring is 1. The van der Waals surface area contributed by atoms with E-state index in [1.54, 1.807) is 0 Å². The van der Waals surface area contributed by atoms with E-state index in [1.807, 2.05) is 18.2 Å². The maximum absolute atomic E-state index is 13.3. The molecule has 3 aromatic rings. The quantitative estimate of drug-likeness (QED) is 0.704. The molecule has 0 saturated carbocycles. The van der Waals surface area contributed by atoms with Gasteiger partial charge in [0.1, 0.15) is 0 Å². The average molecular weight is 363 g/mol. The molecule has 2 atom stereocenters. The Bertz CT molecular complexity index is 996. The molecule has 4 nitrogen and oxygen atoms in total. The summed E-state index contributed by atoms with van der Waals surface area (Å²) < 4.78 is 0.982. The van der Waals surface area contributed by atoms with Crippen LogP contribution in [0.5, 0.6) is 0 Å². The SMILES string of the molecule is Nc1nc2ccc(C(=O)N3CCC[C@@H]4c5ccccc5CC[C@@H]43)cc2s1. The molecule has 2 aliphatic rings. The van der Waals surface area contributed by atoms with Gasteiger partial charge in [-0.25, -0.2) is 4.98 Å². The van der Waals surface area contributed by atoms with Gasteiger partial charge in [-0.2, -0.15) is 0 Å². The highest BCUT2D eigenvalue weighted by atomic mass is 32.1. The number of hydrogen-bond acceptors (Lipinski definition) is 4. The van der Waals surface area contributed by atoms with Gasteiger partial charge in [0, 0.05) is 24.1 Å². The van der Waals surface area contributed by atoms with Gasteiger partial charge in [0.2, 0.25) is 0 Å². The Hall–Kier alpha value is -2.40. The Kier molecular flexibility index (Phi) is 3.71. The first kappa shape index (κ1) is 15.8. The lowest BCUT2D eigenvalue weighted by atomic mass is 9.74. The number of carbonyl (C=O) groups excluding carboxylic acids is 1. The summed E-state index contributed by atoms with van der Waals surface area (Å²) in [6, 6.07) is 14.8. The zero-order valence-electron chi connectivity index (χ0n) is 14.5. The summed E-state index contributed by atoms with van der Waals surface area (Å²) in [5.74, 6) is 0.619. The van der Waals surface area contributed by atoms with Crippen molar-refractivity contribution < 1.29 is 4.79 Å². The summed E-state index contributed by atoms with van der Waals surface area (Å²) in [6.45, 7) is 0.852. The van der Waals surface area contributed by atoms with Crippen LogP contribution in [0.15, 0.2) is 42.5 Å². The molecule has 1 aromatic heterocycles. The monoisotopic (exact) mass is 363 g/mol. The van der Waals surface area contributed by atoms with E-state index in [0.29, 0.717) is 17.1 Å². The van der Waals surface area contributed by atoms with Crippen LogP contribution in [0.25, 0.3) is 10.2 Å². The number of aryl methyl sites for hydroxylation is 1. The van der Waals surface area contributed by atoms with Gasteiger partial charge in [0.05, 0.1) is 10.2 Å². The molecule has 0 bridgehead atoms.